The van der Waals surface area contributed by atoms with Crippen molar-refractivity contribution in [3.05, 3.63) is 0 Å². The minimum absolute atomic E-state index is 0.0155. The van der Waals surface area contributed by atoms with Crippen molar-refractivity contribution in [2.75, 3.05) is 0 Å². The third-order valence-electron chi connectivity index (χ3n) is 5.18. The lowest BCUT2D eigenvalue weighted by Crippen LogP contribution is -2.48. The van der Waals surface area contributed by atoms with Gasteiger partial charge in [0, 0.05) is 12.3 Å². The molecule has 0 aromatic carbocycles. The van der Waals surface area contributed by atoms with E-state index in [-0.39, 0.29) is 24.5 Å². The maximum Gasteiger partial charge on any atom is 0.303 e. The SMILES string of the molecule is O=C(O)CCC(=O)C1C2CC3CC(C2)CC1C3. The summed E-state index contributed by atoms with van der Waals surface area (Å²) >= 11 is 0. The Balaban J connectivity index is 1.67. The van der Waals surface area contributed by atoms with Crippen LogP contribution in [0.15, 0.2) is 0 Å². The molecule has 0 radical (unpaired) electrons. The van der Waals surface area contributed by atoms with Gasteiger partial charge in [-0.3, -0.25) is 9.59 Å². The fourth-order valence-corrected chi connectivity index (χ4v) is 4.85. The van der Waals surface area contributed by atoms with Crippen molar-refractivity contribution in [2.45, 2.75) is 44.9 Å². The fourth-order valence-electron chi connectivity index (χ4n) is 4.85. The number of Topliss-reactive ketones (excluding diaryl/α,β-unsaturated/α-hetero) is 1. The van der Waals surface area contributed by atoms with Gasteiger partial charge in [0.2, 0.25) is 0 Å². The number of rotatable bonds is 4. The van der Waals surface area contributed by atoms with E-state index >= 15 is 0 Å². The van der Waals surface area contributed by atoms with E-state index in [1.54, 1.807) is 0 Å². The van der Waals surface area contributed by atoms with Gasteiger partial charge in [0.05, 0.1) is 6.42 Å². The molecule has 0 aromatic heterocycles. The largest absolute Gasteiger partial charge is 0.481 e. The van der Waals surface area contributed by atoms with Crippen LogP contribution in [0.25, 0.3) is 0 Å². The molecule has 0 aromatic rings. The number of carbonyl (C=O) groups is 2. The first-order valence-corrected chi connectivity index (χ1v) is 6.88. The number of carboxylic acid groups (broad SMARTS) is 1. The molecule has 0 spiro atoms. The topological polar surface area (TPSA) is 54.4 Å². The van der Waals surface area contributed by atoms with Crippen molar-refractivity contribution in [3.8, 4) is 0 Å². The molecule has 0 aliphatic heterocycles. The van der Waals surface area contributed by atoms with Crippen LogP contribution < -0.4 is 0 Å². The molecule has 3 heteroatoms. The van der Waals surface area contributed by atoms with E-state index < -0.39 is 5.97 Å². The number of hydrogen-bond acceptors (Lipinski definition) is 2. The van der Waals surface area contributed by atoms with Crippen LogP contribution in [-0.4, -0.2) is 16.9 Å². The molecule has 0 unspecified atom stereocenters. The van der Waals surface area contributed by atoms with E-state index in [2.05, 4.69) is 0 Å². The van der Waals surface area contributed by atoms with Gasteiger partial charge in [-0.25, -0.2) is 0 Å². The zero-order valence-corrected chi connectivity index (χ0v) is 10.1. The lowest BCUT2D eigenvalue weighted by atomic mass is 9.51. The summed E-state index contributed by atoms with van der Waals surface area (Å²) in [5.74, 6) is 2.53. The Morgan fingerprint density at radius 3 is 1.88 bits per heavy atom. The van der Waals surface area contributed by atoms with Crippen LogP contribution in [0.1, 0.15) is 44.9 Å². The van der Waals surface area contributed by atoms with Gasteiger partial charge in [-0.2, -0.15) is 0 Å². The van der Waals surface area contributed by atoms with Crippen molar-refractivity contribution < 1.29 is 14.7 Å². The highest BCUT2D eigenvalue weighted by molar-refractivity contribution is 5.85. The van der Waals surface area contributed by atoms with Gasteiger partial charge in [-0.1, -0.05) is 0 Å². The molecule has 0 amide bonds. The fraction of sp³-hybridized carbons (Fsp3) is 0.857. The first kappa shape index (κ1) is 11.2. The predicted molar refractivity (Wildman–Crippen MR) is 62.4 cm³/mol. The quantitative estimate of drug-likeness (QED) is 0.816. The van der Waals surface area contributed by atoms with Crippen molar-refractivity contribution in [2.24, 2.45) is 29.6 Å². The molecule has 4 saturated carbocycles. The minimum atomic E-state index is -0.845. The maximum absolute atomic E-state index is 12.2. The van der Waals surface area contributed by atoms with Crippen LogP contribution in [0.5, 0.6) is 0 Å². The monoisotopic (exact) mass is 236 g/mol. The predicted octanol–water partition coefficient (Wildman–Crippen LogP) is 2.49. The average Bonchev–Trinajstić information content (AvgIpc) is 2.24. The van der Waals surface area contributed by atoms with E-state index in [9.17, 15) is 9.59 Å². The molecule has 94 valence electrons. The second kappa shape index (κ2) is 4.11. The third-order valence-corrected chi connectivity index (χ3v) is 5.18. The van der Waals surface area contributed by atoms with Crippen LogP contribution in [-0.2, 0) is 9.59 Å². The van der Waals surface area contributed by atoms with E-state index in [1.165, 1.54) is 32.1 Å². The third kappa shape index (κ3) is 2.00. The summed E-state index contributed by atoms with van der Waals surface area (Å²) in [5, 5.41) is 8.66. The molecule has 17 heavy (non-hydrogen) atoms. The second-order valence-electron chi connectivity index (χ2n) is 6.32. The van der Waals surface area contributed by atoms with Gasteiger partial charge in [-0.05, 0) is 55.8 Å². The van der Waals surface area contributed by atoms with E-state index in [1.807, 2.05) is 0 Å². The van der Waals surface area contributed by atoms with Crippen LogP contribution in [0.4, 0.5) is 0 Å². The van der Waals surface area contributed by atoms with Gasteiger partial charge >= 0.3 is 5.97 Å². The van der Waals surface area contributed by atoms with Gasteiger partial charge in [0.15, 0.2) is 0 Å². The molecule has 4 fully saturated rings. The van der Waals surface area contributed by atoms with Crippen molar-refractivity contribution >= 4 is 11.8 Å². The number of carbonyl (C=O) groups excluding carboxylic acids is 1. The Morgan fingerprint density at radius 1 is 0.882 bits per heavy atom. The second-order valence-corrected chi connectivity index (χ2v) is 6.32. The zero-order valence-electron chi connectivity index (χ0n) is 10.1. The molecule has 3 nitrogen and oxygen atoms in total. The molecule has 0 heterocycles. The number of carboxylic acids is 1. The van der Waals surface area contributed by atoms with Crippen LogP contribution >= 0.6 is 0 Å². The zero-order chi connectivity index (χ0) is 12.0. The summed E-state index contributed by atoms with van der Waals surface area (Å²) in [7, 11) is 0. The first-order chi connectivity index (χ1) is 8.13. The lowest BCUT2D eigenvalue weighted by molar-refractivity contribution is -0.142. The van der Waals surface area contributed by atoms with Crippen LogP contribution in [0, 0.1) is 29.6 Å². The smallest absolute Gasteiger partial charge is 0.303 e. The Labute approximate surface area is 102 Å². The highest BCUT2D eigenvalue weighted by atomic mass is 16.4. The summed E-state index contributed by atoms with van der Waals surface area (Å²) in [5.41, 5.74) is 0. The van der Waals surface area contributed by atoms with Gasteiger partial charge in [-0.15, -0.1) is 0 Å². The van der Waals surface area contributed by atoms with Crippen molar-refractivity contribution in [1.29, 1.82) is 0 Å². The number of ketones is 1. The molecular formula is C14H20O3. The van der Waals surface area contributed by atoms with Gasteiger partial charge in [0.25, 0.3) is 0 Å². The molecule has 0 atom stereocenters. The molecule has 4 aliphatic rings. The maximum atomic E-state index is 12.2. The Morgan fingerprint density at radius 2 is 1.41 bits per heavy atom. The Kier molecular flexibility index (Phi) is 2.72. The van der Waals surface area contributed by atoms with Crippen molar-refractivity contribution in [3.63, 3.8) is 0 Å². The average molecular weight is 236 g/mol. The molecule has 0 saturated heterocycles. The van der Waals surface area contributed by atoms with E-state index in [4.69, 9.17) is 5.11 Å². The Hall–Kier alpha value is -0.860. The van der Waals surface area contributed by atoms with Gasteiger partial charge < -0.3 is 5.11 Å². The van der Waals surface area contributed by atoms with E-state index in [0.29, 0.717) is 11.8 Å². The minimum Gasteiger partial charge on any atom is -0.481 e. The lowest BCUT2D eigenvalue weighted by Gasteiger charge is -2.53. The van der Waals surface area contributed by atoms with E-state index in [0.717, 1.165) is 11.8 Å². The highest BCUT2D eigenvalue weighted by Gasteiger charge is 2.50. The molecular weight excluding hydrogens is 216 g/mol. The molecule has 4 bridgehead atoms. The summed E-state index contributed by atoms with van der Waals surface area (Å²) in [4.78, 5) is 22.7. The first-order valence-electron chi connectivity index (χ1n) is 6.88. The summed E-state index contributed by atoms with van der Waals surface area (Å²) in [6.45, 7) is 0. The molecule has 4 rings (SSSR count). The summed E-state index contributed by atoms with van der Waals surface area (Å²) < 4.78 is 0. The van der Waals surface area contributed by atoms with Crippen molar-refractivity contribution in [1.82, 2.24) is 0 Å². The standard InChI is InChI=1S/C14H20O3/c15-12(1-2-13(16)17)14-10-4-8-3-9(6-10)7-11(14)5-8/h8-11,14H,1-7H2,(H,16,17). The highest BCUT2D eigenvalue weighted by Crippen LogP contribution is 2.56. The van der Waals surface area contributed by atoms with Crippen LogP contribution in [0.3, 0.4) is 0 Å². The van der Waals surface area contributed by atoms with Gasteiger partial charge in [0.1, 0.15) is 5.78 Å². The number of aliphatic carboxylic acids is 1. The normalized spacial score (nSPS) is 42.7. The number of hydrogen-bond donors (Lipinski definition) is 1. The Bertz CT molecular complexity index is 319. The molecule has 1 N–H and O–H groups in total. The van der Waals surface area contributed by atoms with Crippen LogP contribution in [0.2, 0.25) is 0 Å². The summed E-state index contributed by atoms with van der Waals surface area (Å²) in [6, 6.07) is 0. The summed E-state index contributed by atoms with van der Waals surface area (Å²) in [6.07, 6.45) is 6.59. The molecule has 4 aliphatic carbocycles.